The van der Waals surface area contributed by atoms with Gasteiger partial charge in [0.2, 0.25) is 0 Å². The molecule has 0 fully saturated rings. The number of benzene rings is 4. The Morgan fingerprint density at radius 1 is 0.737 bits per heavy atom. The smallest absolute Gasteiger partial charge is 0.315 e. The van der Waals surface area contributed by atoms with Gasteiger partial charge in [0.05, 0.1) is 23.8 Å². The van der Waals surface area contributed by atoms with E-state index in [1.165, 1.54) is 24.3 Å². The van der Waals surface area contributed by atoms with E-state index in [9.17, 15) is 24.4 Å². The van der Waals surface area contributed by atoms with Gasteiger partial charge in [0.15, 0.2) is 23.0 Å². The lowest BCUT2D eigenvalue weighted by atomic mass is 10.0. The molecule has 1 aliphatic heterocycles. The molecule has 2 atom stereocenters. The number of rotatable bonds is 7. The van der Waals surface area contributed by atoms with Crippen molar-refractivity contribution in [2.24, 2.45) is 5.92 Å². The molecule has 0 bridgehead atoms. The van der Waals surface area contributed by atoms with Crippen LogP contribution in [0.15, 0.2) is 97.1 Å². The van der Waals surface area contributed by atoms with Gasteiger partial charge in [0.25, 0.3) is 7.37 Å². The van der Waals surface area contributed by atoms with E-state index in [-0.39, 0.29) is 29.2 Å². The van der Waals surface area contributed by atoms with Crippen LogP contribution in [0.3, 0.4) is 0 Å². The highest BCUT2D eigenvalue weighted by Gasteiger charge is 2.41. The zero-order valence-electron chi connectivity index (χ0n) is 20.0. The highest BCUT2D eigenvalue weighted by molar-refractivity contribution is 7.67. The zero-order chi connectivity index (χ0) is 26.7. The first-order valence-electron chi connectivity index (χ1n) is 11.8. The quantitative estimate of drug-likeness (QED) is 0.188. The monoisotopic (exact) mass is 530 g/mol. The molecule has 8 nitrogen and oxygen atoms in total. The summed E-state index contributed by atoms with van der Waals surface area (Å²) in [5.41, 5.74) is 1.48. The molecule has 9 heteroatoms. The Labute approximate surface area is 218 Å². The minimum absolute atomic E-state index is 0.0786. The van der Waals surface area contributed by atoms with E-state index in [1.807, 2.05) is 24.3 Å². The maximum atomic E-state index is 14.4. The van der Waals surface area contributed by atoms with Crippen molar-refractivity contribution >= 4 is 24.6 Å². The second kappa shape index (κ2) is 10.4. The number of carbonyl (C=O) groups is 2. The van der Waals surface area contributed by atoms with Gasteiger partial charge < -0.3 is 24.2 Å². The first kappa shape index (κ1) is 25.1. The van der Waals surface area contributed by atoms with E-state index >= 15 is 0 Å². The van der Waals surface area contributed by atoms with Crippen LogP contribution in [0.25, 0.3) is 11.1 Å². The largest absolute Gasteiger partial charge is 0.504 e. The van der Waals surface area contributed by atoms with Crippen molar-refractivity contribution < 1.29 is 38.4 Å². The van der Waals surface area contributed by atoms with Crippen LogP contribution in [0.1, 0.15) is 6.42 Å². The van der Waals surface area contributed by atoms with Crippen molar-refractivity contribution in [1.29, 1.82) is 0 Å². The van der Waals surface area contributed by atoms with Gasteiger partial charge in [0.1, 0.15) is 5.75 Å². The van der Waals surface area contributed by atoms with Crippen LogP contribution in [-0.4, -0.2) is 28.3 Å². The van der Waals surface area contributed by atoms with Crippen LogP contribution in [0, 0.1) is 5.92 Å². The number of esters is 2. The Bertz CT molecular complexity index is 1560. The van der Waals surface area contributed by atoms with E-state index in [4.69, 9.17) is 14.0 Å². The van der Waals surface area contributed by atoms with Gasteiger partial charge in [-0.15, -0.1) is 0 Å². The van der Waals surface area contributed by atoms with Gasteiger partial charge in [-0.2, -0.15) is 0 Å². The van der Waals surface area contributed by atoms with Crippen molar-refractivity contribution in [3.05, 3.63) is 97.1 Å². The van der Waals surface area contributed by atoms with Crippen LogP contribution < -0.4 is 19.3 Å². The summed E-state index contributed by atoms with van der Waals surface area (Å²) in [6, 6.07) is 26.0. The lowest BCUT2D eigenvalue weighted by molar-refractivity contribution is -0.144. The normalized spacial score (nSPS) is 16.3. The lowest BCUT2D eigenvalue weighted by Gasteiger charge is -2.30. The number of para-hydroxylation sites is 5. The fourth-order valence-corrected chi connectivity index (χ4v) is 6.85. The second-order valence-electron chi connectivity index (χ2n) is 8.69. The van der Waals surface area contributed by atoms with Crippen molar-refractivity contribution in [1.82, 2.24) is 0 Å². The molecule has 0 aliphatic carbocycles. The molecule has 0 spiro atoms. The molecular formula is C29H23O8P. The standard InChI is InChI=1S/C29H23O8P/c30-22-11-3-6-14-25(22)35-28(32)17-19(29(33)36-26-15-7-4-12-23(26)31)18-38(34)27-16-8-2-10-21(27)20-9-1-5-13-24(20)37-38/h1-16,19,30-31H,17-18H2. The zero-order valence-corrected chi connectivity index (χ0v) is 20.9. The van der Waals surface area contributed by atoms with E-state index in [0.29, 0.717) is 16.6 Å². The molecule has 38 heavy (non-hydrogen) atoms. The third-order valence-electron chi connectivity index (χ3n) is 6.07. The minimum atomic E-state index is -3.73. The van der Waals surface area contributed by atoms with Crippen molar-refractivity contribution in [3.63, 3.8) is 0 Å². The summed E-state index contributed by atoms with van der Waals surface area (Å²) in [5, 5.41) is 20.5. The second-order valence-corrected chi connectivity index (χ2v) is 11.1. The molecule has 4 aromatic carbocycles. The Morgan fingerprint density at radius 2 is 1.29 bits per heavy atom. The van der Waals surface area contributed by atoms with Crippen molar-refractivity contribution in [2.45, 2.75) is 6.42 Å². The maximum absolute atomic E-state index is 14.4. The Kier molecular flexibility index (Phi) is 6.90. The molecule has 1 aliphatic rings. The molecule has 4 aromatic rings. The first-order valence-corrected chi connectivity index (χ1v) is 13.6. The number of aromatic hydroxyl groups is 2. The summed E-state index contributed by atoms with van der Waals surface area (Å²) in [7, 11) is -3.73. The number of carbonyl (C=O) groups excluding carboxylic acids is 2. The summed E-state index contributed by atoms with van der Waals surface area (Å²) in [6.07, 6.45) is -0.876. The molecule has 0 saturated heterocycles. The lowest BCUT2D eigenvalue weighted by Crippen LogP contribution is -2.31. The van der Waals surface area contributed by atoms with E-state index in [2.05, 4.69) is 0 Å². The third-order valence-corrected chi connectivity index (χ3v) is 8.60. The predicted octanol–water partition coefficient (Wildman–Crippen LogP) is 5.28. The Balaban J connectivity index is 1.47. The molecule has 0 aromatic heterocycles. The Morgan fingerprint density at radius 3 is 1.97 bits per heavy atom. The summed E-state index contributed by atoms with van der Waals surface area (Å²) in [4.78, 5) is 26.2. The molecule has 2 unspecified atom stereocenters. The molecule has 0 saturated carbocycles. The van der Waals surface area contributed by atoms with Gasteiger partial charge in [-0.05, 0) is 42.0 Å². The number of ether oxygens (including phenoxy) is 2. The fraction of sp³-hybridized carbons (Fsp3) is 0.103. The third kappa shape index (κ3) is 5.12. The maximum Gasteiger partial charge on any atom is 0.315 e. The first-order chi connectivity index (χ1) is 18.3. The van der Waals surface area contributed by atoms with Gasteiger partial charge in [-0.1, -0.05) is 60.7 Å². The topological polar surface area (TPSA) is 119 Å². The Hall–Kier alpha value is -4.55. The number of hydrogen-bond acceptors (Lipinski definition) is 8. The average molecular weight is 530 g/mol. The summed E-state index contributed by atoms with van der Waals surface area (Å²) in [5.74, 6) is -3.30. The molecule has 0 radical (unpaired) electrons. The average Bonchev–Trinajstić information content (AvgIpc) is 2.91. The van der Waals surface area contributed by atoms with Gasteiger partial charge in [0, 0.05) is 5.56 Å². The highest BCUT2D eigenvalue weighted by Crippen LogP contribution is 2.55. The number of fused-ring (bicyclic) bond motifs is 3. The molecule has 0 amide bonds. The van der Waals surface area contributed by atoms with E-state index in [0.717, 1.165) is 5.56 Å². The summed E-state index contributed by atoms with van der Waals surface area (Å²) in [6.45, 7) is 0. The van der Waals surface area contributed by atoms with Crippen LogP contribution in [0.4, 0.5) is 0 Å². The highest BCUT2D eigenvalue weighted by atomic mass is 31.2. The van der Waals surface area contributed by atoms with Crippen LogP contribution in [0.5, 0.6) is 28.7 Å². The van der Waals surface area contributed by atoms with E-state index < -0.39 is 31.6 Å². The van der Waals surface area contributed by atoms with Crippen molar-refractivity contribution in [3.8, 4) is 39.9 Å². The molecule has 192 valence electrons. The SMILES string of the molecule is O=C(CC(CP1(=O)Oc2ccccc2-c2ccccc21)C(=O)Oc1ccccc1O)Oc1ccccc1O. The number of hydrogen-bond donors (Lipinski definition) is 2. The van der Waals surface area contributed by atoms with Crippen molar-refractivity contribution in [2.75, 3.05) is 6.16 Å². The summed E-state index contributed by atoms with van der Waals surface area (Å²) < 4.78 is 31.1. The molecule has 5 rings (SSSR count). The van der Waals surface area contributed by atoms with Crippen LogP contribution >= 0.6 is 7.37 Å². The molecular weight excluding hydrogens is 507 g/mol. The van der Waals surface area contributed by atoms with Crippen LogP contribution in [0.2, 0.25) is 0 Å². The number of phenolic OH excluding ortho intramolecular Hbond substituents is 2. The number of phenols is 2. The summed E-state index contributed by atoms with van der Waals surface area (Å²) >= 11 is 0. The molecule has 2 N–H and O–H groups in total. The van der Waals surface area contributed by atoms with Gasteiger partial charge in [-0.25, -0.2) is 0 Å². The van der Waals surface area contributed by atoms with Gasteiger partial charge in [-0.3, -0.25) is 14.2 Å². The van der Waals surface area contributed by atoms with Crippen LogP contribution in [-0.2, 0) is 14.2 Å². The predicted molar refractivity (Wildman–Crippen MR) is 140 cm³/mol. The van der Waals surface area contributed by atoms with Gasteiger partial charge >= 0.3 is 11.9 Å². The fourth-order valence-electron chi connectivity index (χ4n) is 4.27. The van der Waals surface area contributed by atoms with E-state index in [1.54, 1.807) is 48.5 Å². The molecule has 1 heterocycles. The minimum Gasteiger partial charge on any atom is -0.504 e.